The van der Waals surface area contributed by atoms with Gasteiger partial charge in [-0.15, -0.1) is 6.42 Å². The Morgan fingerprint density at radius 3 is 3.15 bits per heavy atom. The molecule has 1 rings (SSSR count). The van der Waals surface area contributed by atoms with Gasteiger partial charge >= 0.3 is 0 Å². The standard InChI is InChI=1S/C9H14N2OS/c1-2-5-10-9(13)11-6-3-4-8(12)7-11/h1,8,12H,3-7H2,(H,10,13). The maximum Gasteiger partial charge on any atom is 0.169 e. The van der Waals surface area contributed by atoms with Crippen molar-refractivity contribution in [1.29, 1.82) is 0 Å². The third-order valence-electron chi connectivity index (χ3n) is 2.03. The van der Waals surface area contributed by atoms with Crippen molar-refractivity contribution in [2.75, 3.05) is 19.6 Å². The van der Waals surface area contributed by atoms with Gasteiger partial charge < -0.3 is 15.3 Å². The van der Waals surface area contributed by atoms with Crippen LogP contribution in [0.3, 0.4) is 0 Å². The first-order valence-corrected chi connectivity index (χ1v) is 4.79. The van der Waals surface area contributed by atoms with Gasteiger partial charge in [-0.2, -0.15) is 0 Å². The van der Waals surface area contributed by atoms with Crippen LogP contribution < -0.4 is 5.32 Å². The average molecular weight is 198 g/mol. The van der Waals surface area contributed by atoms with Crippen LogP contribution in [0.25, 0.3) is 0 Å². The van der Waals surface area contributed by atoms with Gasteiger partial charge in [0.25, 0.3) is 0 Å². The number of nitrogens with zero attached hydrogens (tertiary/aromatic N) is 1. The van der Waals surface area contributed by atoms with E-state index in [9.17, 15) is 5.11 Å². The van der Waals surface area contributed by atoms with Crippen LogP contribution in [0.1, 0.15) is 12.8 Å². The largest absolute Gasteiger partial charge is 0.391 e. The van der Waals surface area contributed by atoms with Crippen molar-refractivity contribution in [3.05, 3.63) is 0 Å². The highest BCUT2D eigenvalue weighted by Crippen LogP contribution is 2.09. The zero-order chi connectivity index (χ0) is 9.68. The molecular weight excluding hydrogens is 184 g/mol. The van der Waals surface area contributed by atoms with E-state index >= 15 is 0 Å². The first-order chi connectivity index (χ1) is 6.24. The molecule has 0 radical (unpaired) electrons. The molecule has 1 unspecified atom stereocenters. The third-order valence-corrected chi connectivity index (χ3v) is 2.43. The highest BCUT2D eigenvalue weighted by molar-refractivity contribution is 7.80. The van der Waals surface area contributed by atoms with Crippen LogP contribution in [0.2, 0.25) is 0 Å². The predicted molar refractivity (Wildman–Crippen MR) is 56.2 cm³/mol. The van der Waals surface area contributed by atoms with Crippen molar-refractivity contribution in [1.82, 2.24) is 10.2 Å². The second-order valence-electron chi connectivity index (χ2n) is 3.10. The van der Waals surface area contributed by atoms with Crippen molar-refractivity contribution in [2.45, 2.75) is 18.9 Å². The highest BCUT2D eigenvalue weighted by Gasteiger charge is 2.18. The van der Waals surface area contributed by atoms with Crippen molar-refractivity contribution >= 4 is 17.3 Å². The summed E-state index contributed by atoms with van der Waals surface area (Å²) in [5, 5.41) is 13.0. The Labute approximate surface area is 84.1 Å². The molecule has 72 valence electrons. The molecule has 1 heterocycles. The predicted octanol–water partition coefficient (Wildman–Crippen LogP) is -0.0492. The SMILES string of the molecule is C#CCNC(=S)N1CCCC(O)C1. The fourth-order valence-corrected chi connectivity index (χ4v) is 1.62. The Kier molecular flexibility index (Phi) is 4.00. The summed E-state index contributed by atoms with van der Waals surface area (Å²) in [7, 11) is 0. The van der Waals surface area contributed by atoms with E-state index in [-0.39, 0.29) is 6.10 Å². The van der Waals surface area contributed by atoms with Crippen LogP contribution in [-0.2, 0) is 0 Å². The topological polar surface area (TPSA) is 35.5 Å². The lowest BCUT2D eigenvalue weighted by Gasteiger charge is -2.31. The van der Waals surface area contributed by atoms with Crippen molar-refractivity contribution in [3.63, 3.8) is 0 Å². The number of hydrogen-bond acceptors (Lipinski definition) is 2. The summed E-state index contributed by atoms with van der Waals surface area (Å²) in [6.45, 7) is 1.98. The van der Waals surface area contributed by atoms with Gasteiger partial charge in [0.2, 0.25) is 0 Å². The third kappa shape index (κ3) is 3.21. The molecule has 2 N–H and O–H groups in total. The molecule has 1 saturated heterocycles. The summed E-state index contributed by atoms with van der Waals surface area (Å²) in [5.41, 5.74) is 0. The average Bonchev–Trinajstić information content (AvgIpc) is 2.14. The molecule has 1 aliphatic heterocycles. The number of terminal acetylenes is 1. The van der Waals surface area contributed by atoms with Crippen LogP contribution in [-0.4, -0.2) is 40.9 Å². The monoisotopic (exact) mass is 198 g/mol. The van der Waals surface area contributed by atoms with E-state index in [1.807, 2.05) is 4.90 Å². The minimum absolute atomic E-state index is 0.251. The molecule has 0 aromatic carbocycles. The number of piperidine rings is 1. The lowest BCUT2D eigenvalue weighted by atomic mass is 10.1. The van der Waals surface area contributed by atoms with Crippen LogP contribution in [0.5, 0.6) is 0 Å². The van der Waals surface area contributed by atoms with Crippen LogP contribution >= 0.6 is 12.2 Å². The summed E-state index contributed by atoms with van der Waals surface area (Å²) in [6, 6.07) is 0. The quantitative estimate of drug-likeness (QED) is 0.457. The Morgan fingerprint density at radius 1 is 1.77 bits per heavy atom. The Balaban J connectivity index is 2.33. The molecule has 0 aromatic heterocycles. The molecule has 0 saturated carbocycles. The van der Waals surface area contributed by atoms with Gasteiger partial charge in [0.05, 0.1) is 12.6 Å². The maximum atomic E-state index is 9.38. The number of aliphatic hydroxyl groups is 1. The van der Waals surface area contributed by atoms with E-state index in [4.69, 9.17) is 18.6 Å². The Morgan fingerprint density at radius 2 is 2.54 bits per heavy atom. The summed E-state index contributed by atoms with van der Waals surface area (Å²) >= 11 is 5.10. The van der Waals surface area contributed by atoms with Gasteiger partial charge in [-0.3, -0.25) is 0 Å². The van der Waals surface area contributed by atoms with Crippen molar-refractivity contribution < 1.29 is 5.11 Å². The van der Waals surface area contributed by atoms with Crippen molar-refractivity contribution in [2.24, 2.45) is 0 Å². The van der Waals surface area contributed by atoms with Crippen LogP contribution in [0.4, 0.5) is 0 Å². The number of rotatable bonds is 1. The lowest BCUT2D eigenvalue weighted by molar-refractivity contribution is 0.103. The smallest absolute Gasteiger partial charge is 0.169 e. The Bertz CT molecular complexity index is 224. The van der Waals surface area contributed by atoms with Gasteiger partial charge in [-0.05, 0) is 25.1 Å². The number of nitrogens with one attached hydrogen (secondary N) is 1. The number of likely N-dealkylation sites (tertiary alicyclic amines) is 1. The number of β-amino-alcohol motifs (C(OH)–C–C–N with tert-alkyl or cyclic N) is 1. The normalized spacial score (nSPS) is 22.2. The number of hydrogen-bond donors (Lipinski definition) is 2. The molecule has 0 aromatic rings. The van der Waals surface area contributed by atoms with E-state index in [2.05, 4.69) is 11.2 Å². The molecular formula is C9H14N2OS. The molecule has 1 atom stereocenters. The summed E-state index contributed by atoms with van der Waals surface area (Å²) in [6.07, 6.45) is 6.70. The van der Waals surface area contributed by atoms with Gasteiger partial charge in [0.1, 0.15) is 0 Å². The van der Waals surface area contributed by atoms with Gasteiger partial charge in [-0.1, -0.05) is 5.92 Å². The molecule has 0 amide bonds. The van der Waals surface area contributed by atoms with E-state index < -0.39 is 0 Å². The zero-order valence-corrected chi connectivity index (χ0v) is 8.31. The van der Waals surface area contributed by atoms with Gasteiger partial charge in [0, 0.05) is 13.1 Å². The molecule has 1 aliphatic rings. The Hall–Kier alpha value is -0.790. The van der Waals surface area contributed by atoms with Gasteiger partial charge in [0.15, 0.2) is 5.11 Å². The molecule has 4 heteroatoms. The van der Waals surface area contributed by atoms with Crippen molar-refractivity contribution in [3.8, 4) is 12.3 Å². The molecule has 0 bridgehead atoms. The molecule has 0 aliphatic carbocycles. The maximum absolute atomic E-state index is 9.38. The summed E-state index contributed by atoms with van der Waals surface area (Å²) in [4.78, 5) is 1.96. The molecule has 13 heavy (non-hydrogen) atoms. The molecule has 1 fully saturated rings. The number of thiocarbonyl (C=S) groups is 1. The van der Waals surface area contributed by atoms with E-state index in [1.54, 1.807) is 0 Å². The minimum atomic E-state index is -0.251. The number of aliphatic hydroxyl groups excluding tert-OH is 1. The summed E-state index contributed by atoms with van der Waals surface area (Å²) in [5.74, 6) is 2.46. The summed E-state index contributed by atoms with van der Waals surface area (Å²) < 4.78 is 0. The molecule has 0 spiro atoms. The fraction of sp³-hybridized carbons (Fsp3) is 0.667. The second kappa shape index (κ2) is 5.05. The van der Waals surface area contributed by atoms with E-state index in [0.717, 1.165) is 19.4 Å². The van der Waals surface area contributed by atoms with Crippen LogP contribution in [0.15, 0.2) is 0 Å². The molecule has 3 nitrogen and oxygen atoms in total. The minimum Gasteiger partial charge on any atom is -0.391 e. The van der Waals surface area contributed by atoms with E-state index in [0.29, 0.717) is 18.2 Å². The zero-order valence-electron chi connectivity index (χ0n) is 7.49. The van der Waals surface area contributed by atoms with E-state index in [1.165, 1.54) is 0 Å². The first-order valence-electron chi connectivity index (χ1n) is 4.38. The van der Waals surface area contributed by atoms with Gasteiger partial charge in [-0.25, -0.2) is 0 Å². The lowest BCUT2D eigenvalue weighted by Crippen LogP contribution is -2.46. The fourth-order valence-electron chi connectivity index (χ4n) is 1.38. The van der Waals surface area contributed by atoms with Crippen LogP contribution in [0, 0.1) is 12.3 Å². The second-order valence-corrected chi connectivity index (χ2v) is 3.49. The highest BCUT2D eigenvalue weighted by atomic mass is 32.1. The first kappa shape index (κ1) is 10.3.